The van der Waals surface area contributed by atoms with E-state index < -0.39 is 16.0 Å². The number of nitrogens with one attached hydrogen (secondary N) is 2. The van der Waals surface area contributed by atoms with Crippen molar-refractivity contribution in [1.29, 1.82) is 0 Å². The molecule has 3 aromatic carbocycles. The molecular weight excluding hydrogens is 592 g/mol. The van der Waals surface area contributed by atoms with Gasteiger partial charge in [0.2, 0.25) is 11.8 Å². The summed E-state index contributed by atoms with van der Waals surface area (Å²) in [6.07, 6.45) is 0.840. The summed E-state index contributed by atoms with van der Waals surface area (Å²) in [5, 5.41) is 12.8. The zero-order chi connectivity index (χ0) is 32.4. The van der Waals surface area contributed by atoms with Crippen LogP contribution in [0.2, 0.25) is 0 Å². The highest BCUT2D eigenvalue weighted by Crippen LogP contribution is 2.29. The van der Waals surface area contributed by atoms with Crippen LogP contribution in [0.15, 0.2) is 83.8 Å². The number of carboxylic acid groups (broad SMARTS) is 1. The number of rotatable bonds is 16. The highest BCUT2D eigenvalue weighted by molar-refractivity contribution is 7.92. The summed E-state index contributed by atoms with van der Waals surface area (Å²) in [7, 11) is -4.21. The Labute approximate surface area is 264 Å². The molecule has 0 bridgehead atoms. The van der Waals surface area contributed by atoms with Crippen LogP contribution in [0.5, 0.6) is 5.88 Å². The molecule has 0 fully saturated rings. The zero-order valence-corrected chi connectivity index (χ0v) is 26.8. The molecule has 45 heavy (non-hydrogen) atoms. The van der Waals surface area contributed by atoms with E-state index in [2.05, 4.69) is 33.9 Å². The van der Waals surface area contributed by atoms with Crippen molar-refractivity contribution in [3.05, 3.63) is 101 Å². The number of hydrogen-bond acceptors (Lipinski definition) is 8. The number of aromatic nitrogens is 2. The maximum Gasteiger partial charge on any atom is 0.335 e. The standard InChI is InChI=1S/C34H40N4O6S/c1-23(2)18-28(35-16-17-43-21-26-12-6-5-7-13-26)22-44-31-20-30(32-24(3)10-8-11-25(32)4)36-34(37-31)38-45(41,42)29-15-9-14-27(19-29)33(39)40/h5-15,19-20,23,28,35H,16-18,21-22H2,1-4H3,(H,39,40)(H,36,37,38). The van der Waals surface area contributed by atoms with Crippen molar-refractivity contribution in [2.24, 2.45) is 5.92 Å². The molecule has 0 amide bonds. The Bertz CT molecular complexity index is 1680. The molecule has 11 heteroatoms. The van der Waals surface area contributed by atoms with E-state index in [1.54, 1.807) is 6.07 Å². The van der Waals surface area contributed by atoms with Crippen LogP contribution < -0.4 is 14.8 Å². The SMILES string of the molecule is Cc1cccc(C)c1-c1cc(OCC(CC(C)C)NCCOCc2ccccc2)nc(NS(=O)(=O)c2cccc(C(=O)O)c2)n1. The number of aromatic carboxylic acids is 1. The summed E-state index contributed by atoms with van der Waals surface area (Å²) < 4.78 is 41.0. The second-order valence-corrected chi connectivity index (χ2v) is 12.9. The van der Waals surface area contributed by atoms with E-state index in [0.717, 1.165) is 34.7 Å². The summed E-state index contributed by atoms with van der Waals surface area (Å²) in [4.78, 5) is 20.1. The van der Waals surface area contributed by atoms with Crippen LogP contribution in [0.3, 0.4) is 0 Å². The predicted molar refractivity (Wildman–Crippen MR) is 174 cm³/mol. The largest absolute Gasteiger partial charge is 0.478 e. The molecule has 4 rings (SSSR count). The number of carboxylic acids is 1. The van der Waals surface area contributed by atoms with Crippen LogP contribution in [0.1, 0.15) is 47.3 Å². The van der Waals surface area contributed by atoms with Crippen LogP contribution >= 0.6 is 0 Å². The Kier molecular flexibility index (Phi) is 11.6. The molecule has 3 N–H and O–H groups in total. The lowest BCUT2D eigenvalue weighted by molar-refractivity contribution is 0.0696. The maximum atomic E-state index is 13.3. The first-order valence-electron chi connectivity index (χ1n) is 14.8. The van der Waals surface area contributed by atoms with E-state index in [-0.39, 0.29) is 34.9 Å². The fourth-order valence-electron chi connectivity index (χ4n) is 4.93. The third kappa shape index (κ3) is 9.84. The van der Waals surface area contributed by atoms with E-state index in [4.69, 9.17) is 9.47 Å². The minimum absolute atomic E-state index is 0.0113. The second-order valence-electron chi connectivity index (χ2n) is 11.3. The third-order valence-corrected chi connectivity index (χ3v) is 8.36. The molecule has 1 heterocycles. The number of ether oxygens (including phenoxy) is 2. The highest BCUT2D eigenvalue weighted by atomic mass is 32.2. The number of benzene rings is 3. The number of nitrogens with zero attached hydrogens (tertiary/aromatic N) is 2. The van der Waals surface area contributed by atoms with Gasteiger partial charge in [-0.15, -0.1) is 0 Å². The first-order valence-corrected chi connectivity index (χ1v) is 16.3. The van der Waals surface area contributed by atoms with Gasteiger partial charge in [-0.05, 0) is 61.1 Å². The first-order chi connectivity index (χ1) is 21.5. The average molecular weight is 633 g/mol. The van der Waals surface area contributed by atoms with Crippen molar-refractivity contribution in [2.45, 2.75) is 51.7 Å². The maximum absolute atomic E-state index is 13.3. The van der Waals surface area contributed by atoms with Gasteiger partial charge in [0, 0.05) is 24.2 Å². The topological polar surface area (TPSA) is 140 Å². The molecular formula is C34H40N4O6S. The summed E-state index contributed by atoms with van der Waals surface area (Å²) in [5.41, 5.74) is 4.21. The quantitative estimate of drug-likeness (QED) is 0.130. The molecule has 0 spiro atoms. The molecule has 10 nitrogen and oxygen atoms in total. The Morgan fingerprint density at radius 3 is 2.33 bits per heavy atom. The van der Waals surface area contributed by atoms with Crippen LogP contribution in [0.25, 0.3) is 11.3 Å². The van der Waals surface area contributed by atoms with Gasteiger partial charge in [0.25, 0.3) is 10.0 Å². The molecule has 0 saturated carbocycles. The lowest BCUT2D eigenvalue weighted by atomic mass is 10.00. The van der Waals surface area contributed by atoms with Crippen LogP contribution in [0, 0.1) is 19.8 Å². The summed E-state index contributed by atoms with van der Waals surface area (Å²) >= 11 is 0. The number of sulfonamides is 1. The Hall–Kier alpha value is -4.32. The van der Waals surface area contributed by atoms with E-state index in [1.165, 1.54) is 18.2 Å². The van der Waals surface area contributed by atoms with Gasteiger partial charge < -0.3 is 19.9 Å². The van der Waals surface area contributed by atoms with Gasteiger partial charge in [-0.2, -0.15) is 4.98 Å². The van der Waals surface area contributed by atoms with Crippen molar-refractivity contribution in [3.8, 4) is 17.1 Å². The van der Waals surface area contributed by atoms with Gasteiger partial charge in [0.15, 0.2) is 0 Å². The minimum atomic E-state index is -4.21. The smallest absolute Gasteiger partial charge is 0.335 e. The van der Waals surface area contributed by atoms with Crippen molar-refractivity contribution >= 4 is 21.9 Å². The van der Waals surface area contributed by atoms with Gasteiger partial charge in [0.05, 0.1) is 29.4 Å². The van der Waals surface area contributed by atoms with Gasteiger partial charge in [-0.3, -0.25) is 0 Å². The van der Waals surface area contributed by atoms with E-state index in [0.29, 0.717) is 31.4 Å². The monoisotopic (exact) mass is 632 g/mol. The molecule has 0 aliphatic heterocycles. The molecule has 1 atom stereocenters. The van der Waals surface area contributed by atoms with Gasteiger partial charge >= 0.3 is 5.97 Å². The molecule has 238 valence electrons. The Morgan fingerprint density at radius 1 is 0.933 bits per heavy atom. The second kappa shape index (κ2) is 15.6. The molecule has 1 aromatic heterocycles. The lowest BCUT2D eigenvalue weighted by Crippen LogP contribution is -2.38. The number of aryl methyl sites for hydroxylation is 2. The minimum Gasteiger partial charge on any atom is -0.478 e. The van der Waals surface area contributed by atoms with Gasteiger partial charge in [-0.1, -0.05) is 68.4 Å². The van der Waals surface area contributed by atoms with Crippen LogP contribution in [-0.2, 0) is 21.4 Å². The van der Waals surface area contributed by atoms with Crippen LogP contribution in [-0.4, -0.2) is 55.3 Å². The molecule has 0 aliphatic rings. The summed E-state index contributed by atoms with van der Waals surface area (Å²) in [6.45, 7) is 10.2. The predicted octanol–water partition coefficient (Wildman–Crippen LogP) is 5.86. The number of hydrogen-bond donors (Lipinski definition) is 3. The average Bonchev–Trinajstić information content (AvgIpc) is 2.99. The van der Waals surface area contributed by atoms with E-state index >= 15 is 0 Å². The van der Waals surface area contributed by atoms with Crippen molar-refractivity contribution < 1.29 is 27.8 Å². The molecule has 4 aromatic rings. The first kappa shape index (κ1) is 33.6. The van der Waals surface area contributed by atoms with Crippen molar-refractivity contribution in [3.63, 3.8) is 0 Å². The molecule has 0 radical (unpaired) electrons. The highest BCUT2D eigenvalue weighted by Gasteiger charge is 2.21. The third-order valence-electron chi connectivity index (χ3n) is 7.04. The summed E-state index contributed by atoms with van der Waals surface area (Å²) in [5.74, 6) is -0.816. The molecule has 0 saturated heterocycles. The van der Waals surface area contributed by atoms with E-state index in [9.17, 15) is 18.3 Å². The Morgan fingerprint density at radius 2 is 1.64 bits per heavy atom. The normalized spacial score (nSPS) is 12.2. The number of carbonyl (C=O) groups is 1. The molecule has 1 unspecified atom stereocenters. The fraction of sp³-hybridized carbons (Fsp3) is 0.324. The van der Waals surface area contributed by atoms with Crippen molar-refractivity contribution in [1.82, 2.24) is 15.3 Å². The zero-order valence-electron chi connectivity index (χ0n) is 26.0. The van der Waals surface area contributed by atoms with E-state index in [1.807, 2.05) is 62.4 Å². The van der Waals surface area contributed by atoms with Gasteiger partial charge in [-0.25, -0.2) is 22.9 Å². The lowest BCUT2D eigenvalue weighted by Gasteiger charge is -2.21. The molecule has 0 aliphatic carbocycles. The van der Waals surface area contributed by atoms with Crippen molar-refractivity contribution in [2.75, 3.05) is 24.5 Å². The fourth-order valence-corrected chi connectivity index (χ4v) is 5.92. The number of anilines is 1. The van der Waals surface area contributed by atoms with Gasteiger partial charge in [0.1, 0.15) is 6.61 Å². The Balaban J connectivity index is 1.54. The van der Waals surface area contributed by atoms with Crippen LogP contribution in [0.4, 0.5) is 5.95 Å². The summed E-state index contributed by atoms with van der Waals surface area (Å²) in [6, 6.07) is 22.6.